The Bertz CT molecular complexity index is 540. The van der Waals surface area contributed by atoms with Crippen LogP contribution < -0.4 is 0 Å². The van der Waals surface area contributed by atoms with Gasteiger partial charge in [-0.1, -0.05) is 0 Å². The molecule has 0 aromatic carbocycles. The summed E-state index contributed by atoms with van der Waals surface area (Å²) in [7, 11) is -16.2. The van der Waals surface area contributed by atoms with Crippen molar-refractivity contribution in [2.24, 2.45) is 0 Å². The van der Waals surface area contributed by atoms with Gasteiger partial charge in [-0.3, -0.25) is 0 Å². The molecule has 4 rings (SSSR count). The van der Waals surface area contributed by atoms with Crippen molar-refractivity contribution in [3.8, 4) is 0 Å². The molecule has 0 amide bonds. The van der Waals surface area contributed by atoms with Gasteiger partial charge < -0.3 is 9.79 Å². The molecule has 0 unspecified atom stereocenters. The van der Waals surface area contributed by atoms with Crippen molar-refractivity contribution in [2.75, 3.05) is 0 Å². The molecule has 4 aliphatic heterocycles. The van der Waals surface area contributed by atoms with Crippen molar-refractivity contribution in [3.05, 3.63) is 0 Å². The van der Waals surface area contributed by atoms with Crippen molar-refractivity contribution in [2.45, 2.75) is 6.16 Å². The fraction of sp³-hybridized carbons (Fsp3) is 1.00. The third-order valence-electron chi connectivity index (χ3n) is 1.82. The van der Waals surface area contributed by atoms with E-state index in [-0.39, 0.29) is 0 Å². The zero-order chi connectivity index (χ0) is 16.7. The molecular weight excluding hydrogens is 511 g/mol. The number of phosphoric ester groups is 2. The molecule has 16 nitrogen and oxygen atoms in total. The van der Waals surface area contributed by atoms with Gasteiger partial charge in [-0.15, -0.1) is 0 Å². The van der Waals surface area contributed by atoms with Crippen LogP contribution in [0.1, 0.15) is 0 Å². The average Bonchev–Trinajstić information content (AvgIpc) is 2.04. The summed E-state index contributed by atoms with van der Waals surface area (Å²) < 4.78 is 74.0. The SMILES string of the molecule is O=P1(O)OC2(O1)OP(=O)(O)O2.O=P1(O)[O][Sn]2([O]1)[O]P(=O)(O)[O]2. The zero-order valence-corrected chi connectivity index (χ0v) is 15.9. The molecule has 0 bridgehead atoms. The zero-order valence-electron chi connectivity index (χ0n) is 9.48. The molecule has 4 fully saturated rings. The second-order valence-electron chi connectivity index (χ2n) is 3.60. The van der Waals surface area contributed by atoms with E-state index >= 15 is 0 Å². The molecule has 0 radical (unpaired) electrons. The van der Waals surface area contributed by atoms with E-state index in [1.54, 1.807) is 0 Å². The summed E-state index contributed by atoms with van der Waals surface area (Å²) in [5.74, 6) is 0. The van der Waals surface area contributed by atoms with E-state index in [1.165, 1.54) is 0 Å². The molecule has 0 saturated carbocycles. The van der Waals surface area contributed by atoms with Gasteiger partial charge in [0.15, 0.2) is 0 Å². The first-order valence-corrected chi connectivity index (χ1v) is 15.3. The van der Waals surface area contributed by atoms with Crippen LogP contribution in [-0.4, -0.2) is 45.8 Å². The topological polar surface area (TPSA) is 223 Å². The molecule has 4 heterocycles. The quantitative estimate of drug-likeness (QED) is 0.238. The fourth-order valence-electron chi connectivity index (χ4n) is 1.29. The van der Waals surface area contributed by atoms with Crippen LogP contribution in [0.3, 0.4) is 0 Å². The number of hydrogen-bond acceptors (Lipinski definition) is 12. The first-order valence-electron chi connectivity index (χ1n) is 4.62. The normalized spacial score (nSPS) is 62.0. The van der Waals surface area contributed by atoms with Crippen molar-refractivity contribution in [1.82, 2.24) is 0 Å². The van der Waals surface area contributed by atoms with Gasteiger partial charge in [-0.2, -0.15) is 0 Å². The Kier molecular flexibility index (Phi) is 4.02. The minimum atomic E-state index is -4.29. The van der Waals surface area contributed by atoms with Crippen LogP contribution in [-0.2, 0) is 47.8 Å². The molecule has 4 N–H and O–H groups in total. The van der Waals surface area contributed by atoms with E-state index in [2.05, 4.69) is 29.5 Å². The monoisotopic (exact) mass is 516 g/mol. The molecule has 21 heteroatoms. The van der Waals surface area contributed by atoms with Gasteiger partial charge in [0.1, 0.15) is 0 Å². The predicted octanol–water partition coefficient (Wildman–Crippen LogP) is -0.392. The second-order valence-corrected chi connectivity index (χ2v) is 17.9. The molecule has 0 aromatic rings. The Balaban J connectivity index is 0.000000131. The van der Waals surface area contributed by atoms with Gasteiger partial charge in [0.2, 0.25) is 0 Å². The Morgan fingerprint density at radius 3 is 1.05 bits per heavy atom. The molecular formula is CH4O16P4Sn. The van der Waals surface area contributed by atoms with Crippen LogP contribution >= 0.6 is 31.3 Å². The van der Waals surface area contributed by atoms with Crippen LogP contribution in [0, 0.1) is 0 Å². The summed E-state index contributed by atoms with van der Waals surface area (Å²) in [6, 6.07) is 0. The van der Waals surface area contributed by atoms with Crippen LogP contribution in [0.5, 0.6) is 0 Å². The van der Waals surface area contributed by atoms with Crippen molar-refractivity contribution < 1.29 is 67.4 Å². The first-order chi connectivity index (χ1) is 9.66. The Labute approximate surface area is 125 Å². The van der Waals surface area contributed by atoms with Crippen LogP contribution in [0.25, 0.3) is 0 Å². The van der Waals surface area contributed by atoms with Gasteiger partial charge in [-0.05, 0) is 0 Å². The van der Waals surface area contributed by atoms with Gasteiger partial charge in [0, 0.05) is 0 Å². The summed E-state index contributed by atoms with van der Waals surface area (Å²) >= 11 is -4.29. The van der Waals surface area contributed by atoms with E-state index in [0.717, 1.165) is 0 Å². The Hall–Kier alpha value is 1.24. The fourth-order valence-corrected chi connectivity index (χ4v) is 18.0. The van der Waals surface area contributed by atoms with Gasteiger partial charge in [0.25, 0.3) is 0 Å². The second kappa shape index (κ2) is 4.90. The summed E-state index contributed by atoms with van der Waals surface area (Å²) in [6.45, 7) is 0. The van der Waals surface area contributed by atoms with E-state index in [9.17, 15) is 18.3 Å². The van der Waals surface area contributed by atoms with Crippen molar-refractivity contribution in [1.29, 1.82) is 0 Å². The Morgan fingerprint density at radius 2 is 0.864 bits per heavy atom. The summed E-state index contributed by atoms with van der Waals surface area (Å²) in [5.41, 5.74) is 0. The number of phosphoric acid groups is 4. The Morgan fingerprint density at radius 1 is 0.591 bits per heavy atom. The third-order valence-corrected chi connectivity index (χ3v) is 21.0. The van der Waals surface area contributed by atoms with E-state index < -0.39 is 57.5 Å². The van der Waals surface area contributed by atoms with Crippen LogP contribution in [0.4, 0.5) is 0 Å². The molecule has 128 valence electrons. The van der Waals surface area contributed by atoms with E-state index in [0.29, 0.717) is 0 Å². The molecule has 2 spiro atoms. The summed E-state index contributed by atoms with van der Waals surface area (Å²) in [4.78, 5) is 33.6. The van der Waals surface area contributed by atoms with Crippen molar-refractivity contribution >= 4 is 51.3 Å². The van der Waals surface area contributed by atoms with Gasteiger partial charge in [0.05, 0.1) is 0 Å². The van der Waals surface area contributed by atoms with E-state index in [4.69, 9.17) is 19.6 Å². The molecule has 0 aliphatic carbocycles. The van der Waals surface area contributed by atoms with Crippen LogP contribution in [0.2, 0.25) is 0 Å². The average molecular weight is 515 g/mol. The molecule has 0 atom stereocenters. The first kappa shape index (κ1) is 18.0. The summed E-state index contributed by atoms with van der Waals surface area (Å²) in [6.07, 6.45) is -2.21. The molecule has 0 aromatic heterocycles. The molecule has 4 saturated heterocycles. The number of rotatable bonds is 0. The standard InChI is InChI=1S/CH2O8P2.2H3O4P.Sn/c2-10(3)6-1(7-10)8-11(4,5)9-1;2*1-5(2,3)4;/h(H,2,3)(H,4,5);2*(H3,1,2,3,4);/q;;;+4/p-4. The van der Waals surface area contributed by atoms with Crippen molar-refractivity contribution in [3.63, 3.8) is 0 Å². The molecule has 4 aliphatic rings. The summed E-state index contributed by atoms with van der Waals surface area (Å²) in [5, 5.41) is 0. The third kappa shape index (κ3) is 3.59. The predicted molar refractivity (Wildman–Crippen MR) is 56.5 cm³/mol. The molecule has 22 heavy (non-hydrogen) atoms. The van der Waals surface area contributed by atoms with Gasteiger partial charge >= 0.3 is 87.8 Å². The van der Waals surface area contributed by atoms with Crippen LogP contribution in [0.15, 0.2) is 0 Å². The number of hydrogen-bond donors (Lipinski definition) is 4. The maximum atomic E-state index is 10.3. The van der Waals surface area contributed by atoms with E-state index in [1.807, 2.05) is 0 Å². The van der Waals surface area contributed by atoms with Gasteiger partial charge in [-0.25, -0.2) is 27.2 Å². The maximum absolute atomic E-state index is 10.3. The minimum absolute atomic E-state index is 2.21.